The van der Waals surface area contributed by atoms with Gasteiger partial charge in [0.15, 0.2) is 0 Å². The highest BCUT2D eigenvalue weighted by Gasteiger charge is 2.32. The first kappa shape index (κ1) is 16.9. The number of hydrogen-bond donors (Lipinski definition) is 3. The number of alkyl halides is 3. The molecule has 0 aromatic carbocycles. The second-order valence-electron chi connectivity index (χ2n) is 4.88. The standard InChI is InChI=1S/C12H14F3N3O3/c1-11(2,6-19)18-10(21)9(20)17-7-3-4-8(16-5-7)12(13,14)15/h3-5,19H,6H2,1-2H3,(H,17,20)(H,18,21). The molecule has 116 valence electrons. The van der Waals surface area contributed by atoms with Gasteiger partial charge in [-0.05, 0) is 26.0 Å². The van der Waals surface area contributed by atoms with Crippen LogP contribution in [0.1, 0.15) is 19.5 Å². The van der Waals surface area contributed by atoms with E-state index in [1.807, 2.05) is 0 Å². The number of rotatable bonds is 3. The fourth-order valence-corrected chi connectivity index (χ4v) is 1.23. The Morgan fingerprint density at radius 1 is 1.24 bits per heavy atom. The minimum absolute atomic E-state index is 0.0510. The molecule has 9 heteroatoms. The second-order valence-corrected chi connectivity index (χ2v) is 4.88. The highest BCUT2D eigenvalue weighted by atomic mass is 19.4. The van der Waals surface area contributed by atoms with E-state index in [0.717, 1.165) is 12.3 Å². The number of aliphatic hydroxyl groups is 1. The molecule has 0 atom stereocenters. The third-order valence-corrected chi connectivity index (χ3v) is 2.37. The monoisotopic (exact) mass is 305 g/mol. The zero-order valence-corrected chi connectivity index (χ0v) is 11.3. The highest BCUT2D eigenvalue weighted by Crippen LogP contribution is 2.27. The fourth-order valence-electron chi connectivity index (χ4n) is 1.23. The summed E-state index contributed by atoms with van der Waals surface area (Å²) >= 11 is 0. The summed E-state index contributed by atoms with van der Waals surface area (Å²) in [6.07, 6.45) is -3.78. The number of hydrogen-bond acceptors (Lipinski definition) is 4. The lowest BCUT2D eigenvalue weighted by Crippen LogP contribution is -2.50. The van der Waals surface area contributed by atoms with E-state index in [2.05, 4.69) is 15.6 Å². The summed E-state index contributed by atoms with van der Waals surface area (Å²) in [6, 6.07) is 1.67. The van der Waals surface area contributed by atoms with Crippen molar-refractivity contribution < 1.29 is 27.9 Å². The average molecular weight is 305 g/mol. The molecular weight excluding hydrogens is 291 g/mol. The van der Waals surface area contributed by atoms with Gasteiger partial charge in [0.05, 0.1) is 24.0 Å². The van der Waals surface area contributed by atoms with Crippen molar-refractivity contribution in [2.75, 3.05) is 11.9 Å². The number of anilines is 1. The van der Waals surface area contributed by atoms with Crippen LogP contribution in [0, 0.1) is 0 Å². The molecule has 0 spiro atoms. The predicted octanol–water partition coefficient (Wildman–Crippen LogP) is 0.926. The lowest BCUT2D eigenvalue weighted by atomic mass is 10.1. The van der Waals surface area contributed by atoms with Crippen LogP contribution in [-0.4, -0.2) is 34.1 Å². The highest BCUT2D eigenvalue weighted by molar-refractivity contribution is 6.39. The minimum Gasteiger partial charge on any atom is -0.394 e. The Morgan fingerprint density at radius 2 is 1.86 bits per heavy atom. The van der Waals surface area contributed by atoms with E-state index < -0.39 is 29.2 Å². The van der Waals surface area contributed by atoms with Crippen molar-refractivity contribution in [3.8, 4) is 0 Å². The third-order valence-electron chi connectivity index (χ3n) is 2.37. The molecule has 0 saturated heterocycles. The van der Waals surface area contributed by atoms with Crippen LogP contribution in [0.5, 0.6) is 0 Å². The van der Waals surface area contributed by atoms with Crippen LogP contribution in [0.25, 0.3) is 0 Å². The molecule has 1 heterocycles. The number of pyridine rings is 1. The molecule has 2 amide bonds. The number of halogens is 3. The molecule has 0 radical (unpaired) electrons. The van der Waals surface area contributed by atoms with Crippen LogP contribution in [-0.2, 0) is 15.8 Å². The van der Waals surface area contributed by atoms with Gasteiger partial charge >= 0.3 is 18.0 Å². The number of aromatic nitrogens is 1. The minimum atomic E-state index is -4.58. The van der Waals surface area contributed by atoms with Gasteiger partial charge in [0, 0.05) is 0 Å². The van der Waals surface area contributed by atoms with Crippen molar-refractivity contribution in [3.05, 3.63) is 24.0 Å². The van der Waals surface area contributed by atoms with Crippen LogP contribution in [0.15, 0.2) is 18.3 Å². The molecule has 0 saturated carbocycles. The van der Waals surface area contributed by atoms with E-state index >= 15 is 0 Å². The van der Waals surface area contributed by atoms with Crippen LogP contribution in [0.4, 0.5) is 18.9 Å². The molecule has 0 aliphatic carbocycles. The zero-order valence-electron chi connectivity index (χ0n) is 11.3. The van der Waals surface area contributed by atoms with Crippen LogP contribution in [0.2, 0.25) is 0 Å². The van der Waals surface area contributed by atoms with Gasteiger partial charge < -0.3 is 15.7 Å². The molecule has 21 heavy (non-hydrogen) atoms. The smallest absolute Gasteiger partial charge is 0.394 e. The van der Waals surface area contributed by atoms with Gasteiger partial charge in [-0.2, -0.15) is 13.2 Å². The maximum absolute atomic E-state index is 12.3. The molecule has 1 aromatic heterocycles. The van der Waals surface area contributed by atoms with E-state index in [4.69, 9.17) is 5.11 Å². The third kappa shape index (κ3) is 5.03. The molecule has 3 N–H and O–H groups in total. The predicted molar refractivity (Wildman–Crippen MR) is 67.2 cm³/mol. The normalized spacial score (nSPS) is 11.9. The number of carbonyl (C=O) groups excluding carboxylic acids is 2. The van der Waals surface area contributed by atoms with E-state index in [1.54, 1.807) is 0 Å². The van der Waals surface area contributed by atoms with E-state index in [-0.39, 0.29) is 12.3 Å². The summed E-state index contributed by atoms with van der Waals surface area (Å²) in [5.41, 5.74) is -2.15. The molecule has 0 unspecified atom stereocenters. The van der Waals surface area contributed by atoms with Crippen LogP contribution >= 0.6 is 0 Å². The zero-order chi connectivity index (χ0) is 16.3. The summed E-state index contributed by atoms with van der Waals surface area (Å²) in [5.74, 6) is -2.09. The van der Waals surface area contributed by atoms with Gasteiger partial charge in [-0.3, -0.25) is 9.59 Å². The summed E-state index contributed by atoms with van der Waals surface area (Å²) in [6.45, 7) is 2.61. The first-order valence-electron chi connectivity index (χ1n) is 5.83. The van der Waals surface area contributed by atoms with Gasteiger partial charge in [-0.25, -0.2) is 4.98 Å². The van der Waals surface area contributed by atoms with Gasteiger partial charge in [-0.1, -0.05) is 0 Å². The Bertz CT molecular complexity index is 527. The summed E-state index contributed by atoms with van der Waals surface area (Å²) in [4.78, 5) is 26.2. The number of aliphatic hydroxyl groups excluding tert-OH is 1. The Morgan fingerprint density at radius 3 is 2.29 bits per heavy atom. The van der Waals surface area contributed by atoms with Gasteiger partial charge in [0.25, 0.3) is 0 Å². The lowest BCUT2D eigenvalue weighted by molar-refractivity contribution is -0.141. The quantitative estimate of drug-likeness (QED) is 0.724. The Kier molecular flexibility index (Phi) is 4.89. The van der Waals surface area contributed by atoms with Gasteiger partial charge in [0.2, 0.25) is 0 Å². The average Bonchev–Trinajstić information content (AvgIpc) is 2.37. The molecule has 1 aromatic rings. The van der Waals surface area contributed by atoms with Crippen molar-refractivity contribution in [1.82, 2.24) is 10.3 Å². The van der Waals surface area contributed by atoms with E-state index in [1.165, 1.54) is 13.8 Å². The van der Waals surface area contributed by atoms with Crippen molar-refractivity contribution >= 4 is 17.5 Å². The number of amides is 2. The fraction of sp³-hybridized carbons (Fsp3) is 0.417. The molecule has 0 aliphatic heterocycles. The number of carbonyl (C=O) groups is 2. The Hall–Kier alpha value is -2.16. The summed E-state index contributed by atoms with van der Waals surface area (Å²) in [5, 5.41) is 13.3. The maximum Gasteiger partial charge on any atom is 0.433 e. The Balaban J connectivity index is 2.69. The van der Waals surface area contributed by atoms with E-state index in [0.29, 0.717) is 6.07 Å². The number of nitrogens with one attached hydrogen (secondary N) is 2. The van der Waals surface area contributed by atoms with Crippen molar-refractivity contribution in [2.24, 2.45) is 0 Å². The molecule has 0 bridgehead atoms. The van der Waals surface area contributed by atoms with Crippen molar-refractivity contribution in [3.63, 3.8) is 0 Å². The van der Waals surface area contributed by atoms with Crippen LogP contribution in [0.3, 0.4) is 0 Å². The summed E-state index contributed by atoms with van der Waals surface area (Å²) in [7, 11) is 0. The maximum atomic E-state index is 12.3. The molecule has 0 aliphatic rings. The molecule has 1 rings (SSSR count). The van der Waals surface area contributed by atoms with Crippen LogP contribution < -0.4 is 10.6 Å². The number of nitrogens with zero attached hydrogens (tertiary/aromatic N) is 1. The van der Waals surface area contributed by atoms with E-state index in [9.17, 15) is 22.8 Å². The summed E-state index contributed by atoms with van der Waals surface area (Å²) < 4.78 is 36.9. The SMILES string of the molecule is CC(C)(CO)NC(=O)C(=O)Nc1ccc(C(F)(F)F)nc1. The van der Waals surface area contributed by atoms with Gasteiger partial charge in [-0.15, -0.1) is 0 Å². The molecular formula is C12H14F3N3O3. The second kappa shape index (κ2) is 6.08. The first-order valence-corrected chi connectivity index (χ1v) is 5.83. The largest absolute Gasteiger partial charge is 0.433 e. The van der Waals surface area contributed by atoms with Gasteiger partial charge in [0.1, 0.15) is 5.69 Å². The first-order chi connectivity index (χ1) is 9.55. The lowest BCUT2D eigenvalue weighted by Gasteiger charge is -2.22. The Labute approximate surface area is 118 Å². The van der Waals surface area contributed by atoms with Crippen molar-refractivity contribution in [2.45, 2.75) is 25.6 Å². The molecule has 0 fully saturated rings. The molecule has 6 nitrogen and oxygen atoms in total. The van der Waals surface area contributed by atoms with Crippen molar-refractivity contribution in [1.29, 1.82) is 0 Å². The topological polar surface area (TPSA) is 91.3 Å².